The van der Waals surface area contributed by atoms with E-state index in [0.29, 0.717) is 27.2 Å². The number of fused-ring (bicyclic) bond motifs is 1. The van der Waals surface area contributed by atoms with E-state index in [2.05, 4.69) is 21.0 Å². The lowest BCUT2D eigenvalue weighted by Crippen LogP contribution is -2.45. The average Bonchev–Trinajstić information content (AvgIpc) is 2.78. The first-order chi connectivity index (χ1) is 14.9. The number of carbonyl (C=O) groups is 3. The number of aromatic amines is 1. The van der Waals surface area contributed by atoms with Gasteiger partial charge in [-0.25, -0.2) is 5.10 Å². The topological polar surface area (TPSA) is 139 Å². The Hall–Kier alpha value is -3.92. The molecule has 1 heterocycles. The van der Waals surface area contributed by atoms with Crippen LogP contribution in [0.15, 0.2) is 53.3 Å². The van der Waals surface area contributed by atoms with Crippen molar-refractivity contribution in [3.8, 4) is 5.75 Å². The third kappa shape index (κ3) is 6.28. The minimum atomic E-state index is -0.743. The normalized spacial score (nSPS) is 10.4. The summed E-state index contributed by atoms with van der Waals surface area (Å²) in [7, 11) is 0. The van der Waals surface area contributed by atoms with E-state index in [1.807, 2.05) is 0 Å². The van der Waals surface area contributed by atoms with Crippen LogP contribution in [0.3, 0.4) is 0 Å². The van der Waals surface area contributed by atoms with Crippen molar-refractivity contribution in [1.82, 2.24) is 21.0 Å². The lowest BCUT2D eigenvalue weighted by Gasteiger charge is -2.09. The Morgan fingerprint density at radius 2 is 1.58 bits per heavy atom. The molecule has 3 rings (SSSR count). The van der Waals surface area contributed by atoms with Gasteiger partial charge >= 0.3 is 5.97 Å². The number of ether oxygens (including phenoxy) is 2. The number of hydrogen-bond donors (Lipinski definition) is 3. The zero-order chi connectivity index (χ0) is 22.2. The van der Waals surface area contributed by atoms with Crippen molar-refractivity contribution in [1.29, 1.82) is 0 Å². The van der Waals surface area contributed by atoms with E-state index < -0.39 is 24.4 Å². The number of hydrazine groups is 1. The van der Waals surface area contributed by atoms with E-state index in [0.717, 1.165) is 0 Å². The molecule has 0 aliphatic carbocycles. The molecule has 0 spiro atoms. The number of H-pyrrole nitrogens is 1. The Morgan fingerprint density at radius 3 is 2.29 bits per heavy atom. The number of carbonyl (C=O) groups excluding carboxylic acids is 3. The Morgan fingerprint density at radius 1 is 0.935 bits per heavy atom. The standard InChI is InChI=1S/C20H17ClN4O6/c21-12-5-7-13(8-6-12)30-10-17(26)23-24-18(27)11-31-19(28)9-16-14-3-1-2-4-15(14)20(29)25-22-16/h1-8H,9-11H2,(H,23,26)(H,24,27)(H,25,29). The monoisotopic (exact) mass is 444 g/mol. The van der Waals surface area contributed by atoms with Crippen LogP contribution in [0.2, 0.25) is 5.02 Å². The fraction of sp³-hybridized carbons (Fsp3) is 0.150. The molecular formula is C20H17ClN4O6. The van der Waals surface area contributed by atoms with Crippen LogP contribution in [0, 0.1) is 0 Å². The molecule has 0 radical (unpaired) electrons. The first-order valence-electron chi connectivity index (χ1n) is 9.00. The highest BCUT2D eigenvalue weighted by Gasteiger charge is 2.14. The Kier molecular flexibility index (Phi) is 7.17. The maximum Gasteiger partial charge on any atom is 0.312 e. The molecule has 0 atom stereocenters. The molecule has 0 bridgehead atoms. The summed E-state index contributed by atoms with van der Waals surface area (Å²) in [6.07, 6.45) is -0.244. The Labute approximate surface area is 180 Å². The molecule has 0 aliphatic heterocycles. The summed E-state index contributed by atoms with van der Waals surface area (Å²) in [5, 5.41) is 7.62. The lowest BCUT2D eigenvalue weighted by molar-refractivity contribution is -0.148. The van der Waals surface area contributed by atoms with E-state index in [1.54, 1.807) is 48.5 Å². The molecule has 0 fully saturated rings. The summed E-state index contributed by atoms with van der Waals surface area (Å²) in [4.78, 5) is 47.2. The molecule has 1 aromatic heterocycles. The van der Waals surface area contributed by atoms with Gasteiger partial charge in [0, 0.05) is 10.4 Å². The fourth-order valence-electron chi connectivity index (χ4n) is 2.53. The van der Waals surface area contributed by atoms with E-state index in [9.17, 15) is 19.2 Å². The molecule has 0 aliphatic rings. The number of aromatic nitrogens is 2. The van der Waals surface area contributed by atoms with E-state index >= 15 is 0 Å². The number of esters is 1. The van der Waals surface area contributed by atoms with Crippen LogP contribution in [-0.4, -0.2) is 41.2 Å². The predicted molar refractivity (Wildman–Crippen MR) is 110 cm³/mol. The highest BCUT2D eigenvalue weighted by molar-refractivity contribution is 6.30. The number of nitrogens with one attached hydrogen (secondary N) is 3. The highest BCUT2D eigenvalue weighted by atomic mass is 35.5. The zero-order valence-corrected chi connectivity index (χ0v) is 16.8. The van der Waals surface area contributed by atoms with E-state index in [1.165, 1.54) is 0 Å². The fourth-order valence-corrected chi connectivity index (χ4v) is 2.66. The maximum absolute atomic E-state index is 12.0. The second kappa shape index (κ2) is 10.2. The maximum atomic E-state index is 12.0. The van der Waals surface area contributed by atoms with Crippen LogP contribution < -0.4 is 21.1 Å². The molecule has 10 nitrogen and oxygen atoms in total. The highest BCUT2D eigenvalue weighted by Crippen LogP contribution is 2.15. The van der Waals surface area contributed by atoms with Crippen molar-refractivity contribution in [2.24, 2.45) is 0 Å². The van der Waals surface area contributed by atoms with Crippen LogP contribution in [0.25, 0.3) is 10.8 Å². The molecule has 3 N–H and O–H groups in total. The summed E-state index contributed by atoms with van der Waals surface area (Å²) in [5.74, 6) is -1.65. The third-order valence-corrected chi connectivity index (χ3v) is 4.23. The molecule has 0 saturated heterocycles. The van der Waals surface area contributed by atoms with Crippen LogP contribution in [0.1, 0.15) is 5.69 Å². The zero-order valence-electron chi connectivity index (χ0n) is 16.0. The van der Waals surface area contributed by atoms with Gasteiger partial charge in [0.05, 0.1) is 17.5 Å². The molecule has 3 aromatic rings. The van der Waals surface area contributed by atoms with Crippen molar-refractivity contribution in [2.75, 3.05) is 13.2 Å². The van der Waals surface area contributed by atoms with E-state index in [4.69, 9.17) is 21.1 Å². The van der Waals surface area contributed by atoms with Crippen LogP contribution in [-0.2, 0) is 25.5 Å². The Balaban J connectivity index is 1.41. The number of rotatable bonds is 7. The van der Waals surface area contributed by atoms with Gasteiger partial charge in [-0.05, 0) is 30.3 Å². The predicted octanol–water partition coefficient (Wildman–Crippen LogP) is 0.889. The Bertz CT molecular complexity index is 1160. The van der Waals surface area contributed by atoms with Crippen LogP contribution >= 0.6 is 11.6 Å². The second-order valence-electron chi connectivity index (χ2n) is 6.22. The molecule has 31 heavy (non-hydrogen) atoms. The van der Waals surface area contributed by atoms with Gasteiger partial charge < -0.3 is 9.47 Å². The van der Waals surface area contributed by atoms with E-state index in [-0.39, 0.29) is 18.6 Å². The van der Waals surface area contributed by atoms with Crippen molar-refractivity contribution in [2.45, 2.75) is 6.42 Å². The summed E-state index contributed by atoms with van der Waals surface area (Å²) in [6, 6.07) is 13.1. The van der Waals surface area contributed by atoms with Gasteiger partial charge in [0.2, 0.25) is 0 Å². The first-order valence-corrected chi connectivity index (χ1v) is 9.38. The number of halogens is 1. The van der Waals surface area contributed by atoms with Crippen molar-refractivity contribution >= 4 is 40.2 Å². The summed E-state index contributed by atoms with van der Waals surface area (Å²) in [5.41, 5.74) is 4.18. The van der Waals surface area contributed by atoms with Crippen LogP contribution in [0.4, 0.5) is 0 Å². The minimum Gasteiger partial charge on any atom is -0.484 e. The number of amides is 2. The van der Waals surface area contributed by atoms with Crippen molar-refractivity contribution < 1.29 is 23.9 Å². The summed E-state index contributed by atoms with van der Waals surface area (Å²) < 4.78 is 10.1. The van der Waals surface area contributed by atoms with Crippen molar-refractivity contribution in [3.05, 3.63) is 69.6 Å². The largest absolute Gasteiger partial charge is 0.484 e. The van der Waals surface area contributed by atoms with Gasteiger partial charge in [-0.1, -0.05) is 29.8 Å². The van der Waals surface area contributed by atoms with Crippen molar-refractivity contribution in [3.63, 3.8) is 0 Å². The smallest absolute Gasteiger partial charge is 0.312 e. The summed E-state index contributed by atoms with van der Waals surface area (Å²) in [6.45, 7) is -0.953. The quantitative estimate of drug-likeness (QED) is 0.363. The van der Waals surface area contributed by atoms with Crippen LogP contribution in [0.5, 0.6) is 5.75 Å². The third-order valence-electron chi connectivity index (χ3n) is 3.98. The molecular weight excluding hydrogens is 428 g/mol. The molecule has 11 heteroatoms. The van der Waals surface area contributed by atoms with Gasteiger partial charge in [-0.3, -0.25) is 30.0 Å². The molecule has 160 valence electrons. The lowest BCUT2D eigenvalue weighted by atomic mass is 10.1. The molecule has 0 saturated carbocycles. The van der Waals surface area contributed by atoms with Gasteiger partial charge in [-0.15, -0.1) is 0 Å². The summed E-state index contributed by atoms with van der Waals surface area (Å²) >= 11 is 5.75. The van der Waals surface area contributed by atoms with Gasteiger partial charge in [0.1, 0.15) is 5.75 Å². The number of nitrogens with zero attached hydrogens (tertiary/aromatic N) is 1. The number of hydrogen-bond acceptors (Lipinski definition) is 7. The molecule has 2 aromatic carbocycles. The number of benzene rings is 2. The van der Waals surface area contributed by atoms with Gasteiger partial charge in [0.15, 0.2) is 13.2 Å². The van der Waals surface area contributed by atoms with Gasteiger partial charge in [0.25, 0.3) is 17.4 Å². The molecule has 0 unspecified atom stereocenters. The molecule has 2 amide bonds. The second-order valence-corrected chi connectivity index (χ2v) is 6.66. The SMILES string of the molecule is O=C(COC(=O)Cc1n[nH]c(=O)c2ccccc12)NNC(=O)COc1ccc(Cl)cc1. The average molecular weight is 445 g/mol. The first kappa shape index (κ1) is 21.8. The van der Waals surface area contributed by atoms with Gasteiger partial charge in [-0.2, -0.15) is 5.10 Å². The minimum absolute atomic E-state index is 0.244.